The molecule has 1 unspecified atom stereocenters. The maximum atomic E-state index is 13.2. The third-order valence-corrected chi connectivity index (χ3v) is 7.75. The lowest BCUT2D eigenvalue weighted by Crippen LogP contribution is -2.52. The second-order valence-corrected chi connectivity index (χ2v) is 12.3. The van der Waals surface area contributed by atoms with E-state index in [0.717, 1.165) is 25.8 Å². The van der Waals surface area contributed by atoms with E-state index in [1.165, 1.54) is 13.2 Å². The van der Waals surface area contributed by atoms with E-state index in [0.29, 0.717) is 19.4 Å². The Kier molecular flexibility index (Phi) is 12.4. The molecule has 0 aliphatic heterocycles. The highest BCUT2D eigenvalue weighted by Crippen LogP contribution is 2.46. The minimum Gasteiger partial charge on any atom is -0.467 e. The van der Waals surface area contributed by atoms with Crippen molar-refractivity contribution in [2.45, 2.75) is 70.1 Å². The fourth-order valence-electron chi connectivity index (χ4n) is 4.89. The predicted octanol–water partition coefficient (Wildman–Crippen LogP) is 5.43. The van der Waals surface area contributed by atoms with E-state index in [-0.39, 0.29) is 25.4 Å². The zero-order valence-corrected chi connectivity index (χ0v) is 27.2. The Bertz CT molecular complexity index is 1320. The van der Waals surface area contributed by atoms with Gasteiger partial charge in [0.25, 0.3) is 0 Å². The molecule has 0 saturated carbocycles. The van der Waals surface area contributed by atoms with Crippen LogP contribution in [0.5, 0.6) is 0 Å². The number of nitrogens with one attached hydrogen (secondary N) is 3. The molecule has 232 valence electrons. The Morgan fingerprint density at radius 3 is 2.40 bits per heavy atom. The van der Waals surface area contributed by atoms with Crippen molar-refractivity contribution in [3.8, 4) is 11.1 Å². The second kappa shape index (κ2) is 15.7. The fraction of sp³-hybridized carbons (Fsp3) is 0.438. The molecule has 0 heterocycles. The first-order valence-electron chi connectivity index (χ1n) is 14.2. The van der Waals surface area contributed by atoms with Crippen LogP contribution in [-0.4, -0.2) is 62.0 Å². The molecule has 0 bridgehead atoms. The summed E-state index contributed by atoms with van der Waals surface area (Å²) in [7, 11) is 1.23. The van der Waals surface area contributed by atoms with Gasteiger partial charge in [0.05, 0.1) is 7.11 Å². The summed E-state index contributed by atoms with van der Waals surface area (Å²) in [5.41, 5.74) is 3.80. The van der Waals surface area contributed by atoms with Crippen LogP contribution in [0.1, 0.15) is 63.5 Å². The van der Waals surface area contributed by atoms with Gasteiger partial charge in [-0.3, -0.25) is 4.79 Å². The summed E-state index contributed by atoms with van der Waals surface area (Å²) in [6, 6.07) is 12.2. The lowest BCUT2D eigenvalue weighted by Gasteiger charge is -2.22. The van der Waals surface area contributed by atoms with Gasteiger partial charge in [0, 0.05) is 16.0 Å². The van der Waals surface area contributed by atoms with E-state index in [1.807, 2.05) is 30.3 Å². The van der Waals surface area contributed by atoms with Crippen LogP contribution in [0.4, 0.5) is 9.59 Å². The smallest absolute Gasteiger partial charge is 0.407 e. The van der Waals surface area contributed by atoms with Crippen LogP contribution in [0.3, 0.4) is 0 Å². The average molecular weight is 706 g/mol. The van der Waals surface area contributed by atoms with Crippen LogP contribution in [0.25, 0.3) is 11.1 Å². The molecule has 10 nitrogen and oxygen atoms in total. The topological polar surface area (TPSA) is 132 Å². The van der Waals surface area contributed by atoms with E-state index in [1.54, 1.807) is 20.8 Å². The first-order chi connectivity index (χ1) is 20.4. The van der Waals surface area contributed by atoms with Gasteiger partial charge in [-0.1, -0.05) is 42.5 Å². The Balaban J connectivity index is 1.65. The molecule has 43 heavy (non-hydrogen) atoms. The van der Waals surface area contributed by atoms with E-state index >= 15 is 0 Å². The summed E-state index contributed by atoms with van der Waals surface area (Å²) in [4.78, 5) is 50.4. The third kappa shape index (κ3) is 9.70. The monoisotopic (exact) mass is 705 g/mol. The molecule has 1 aliphatic carbocycles. The van der Waals surface area contributed by atoms with Crippen molar-refractivity contribution < 1.29 is 33.4 Å². The standard InChI is InChI=1S/C32H40IN3O7/c1-6-12-26(29(38)41-5)35-28(37)25(17-9-10-18-34-30(39)43-32(2,3)4)36-31(40)42-19-23-21-14-8-7-13-20(21)22-15-11-16-24(33)27(22)23/h6-8,11,13-16,23,25-26H,1,9-10,12,17-19H2,2-5H3,(H,34,39)(H,35,37)(H,36,40)/t23?,25-,26+/m1/s1. The second-order valence-electron chi connectivity index (χ2n) is 11.2. The maximum Gasteiger partial charge on any atom is 0.407 e. The molecule has 3 rings (SSSR count). The van der Waals surface area contributed by atoms with Crippen LogP contribution in [0.2, 0.25) is 0 Å². The van der Waals surface area contributed by atoms with Crippen molar-refractivity contribution in [2.24, 2.45) is 0 Å². The number of halogens is 1. The molecular formula is C32H40IN3O7. The van der Waals surface area contributed by atoms with Gasteiger partial charge >= 0.3 is 18.2 Å². The van der Waals surface area contributed by atoms with Crippen molar-refractivity contribution in [1.82, 2.24) is 16.0 Å². The highest BCUT2D eigenvalue weighted by Gasteiger charge is 2.32. The SMILES string of the molecule is C=CC[C@H](NC(=O)[C@@H](CCCCNC(=O)OC(C)(C)C)NC(=O)OCC1c2ccccc2-c2cccc(I)c21)C(=O)OC. The average Bonchev–Trinajstić information content (AvgIpc) is 3.28. The molecular weight excluding hydrogens is 665 g/mol. The summed E-state index contributed by atoms with van der Waals surface area (Å²) >= 11 is 2.30. The molecule has 2 aromatic rings. The van der Waals surface area contributed by atoms with Gasteiger partial charge in [-0.2, -0.15) is 0 Å². The number of amides is 3. The Labute approximate surface area is 266 Å². The Morgan fingerprint density at radius 2 is 1.70 bits per heavy atom. The van der Waals surface area contributed by atoms with E-state index in [2.05, 4.69) is 57.3 Å². The molecule has 0 spiro atoms. The first-order valence-corrected chi connectivity index (χ1v) is 15.3. The molecule has 0 aromatic heterocycles. The van der Waals surface area contributed by atoms with Crippen LogP contribution < -0.4 is 16.0 Å². The maximum absolute atomic E-state index is 13.2. The Hall–Kier alpha value is -3.61. The minimum absolute atomic E-state index is 0.0886. The number of esters is 1. The molecule has 3 atom stereocenters. The fourth-order valence-corrected chi connectivity index (χ4v) is 5.76. The molecule has 0 radical (unpaired) electrons. The van der Waals surface area contributed by atoms with E-state index in [9.17, 15) is 19.2 Å². The lowest BCUT2D eigenvalue weighted by atomic mass is 9.98. The minimum atomic E-state index is -0.991. The number of alkyl carbamates (subject to hydrolysis) is 2. The Morgan fingerprint density at radius 1 is 0.977 bits per heavy atom. The van der Waals surface area contributed by atoms with Crippen molar-refractivity contribution in [3.63, 3.8) is 0 Å². The van der Waals surface area contributed by atoms with Crippen molar-refractivity contribution >= 4 is 46.7 Å². The number of fused-ring (bicyclic) bond motifs is 3. The van der Waals surface area contributed by atoms with Crippen molar-refractivity contribution in [1.29, 1.82) is 0 Å². The van der Waals surface area contributed by atoms with E-state index in [4.69, 9.17) is 14.2 Å². The largest absolute Gasteiger partial charge is 0.467 e. The number of hydrogen-bond donors (Lipinski definition) is 3. The summed E-state index contributed by atoms with van der Waals surface area (Å²) in [5, 5.41) is 8.00. The number of methoxy groups -OCH3 is 1. The molecule has 2 aromatic carbocycles. The van der Waals surface area contributed by atoms with Crippen LogP contribution in [-0.2, 0) is 23.8 Å². The molecule has 0 saturated heterocycles. The summed E-state index contributed by atoms with van der Waals surface area (Å²) in [5.74, 6) is -1.32. The van der Waals surface area contributed by atoms with Crippen molar-refractivity contribution in [2.75, 3.05) is 20.3 Å². The number of benzene rings is 2. The highest BCUT2D eigenvalue weighted by molar-refractivity contribution is 14.1. The number of ether oxygens (including phenoxy) is 3. The van der Waals surface area contributed by atoms with Crippen LogP contribution in [0.15, 0.2) is 55.1 Å². The first kappa shape index (κ1) is 33.9. The molecule has 11 heteroatoms. The zero-order chi connectivity index (χ0) is 31.6. The summed E-state index contributed by atoms with van der Waals surface area (Å²) < 4.78 is 16.8. The summed E-state index contributed by atoms with van der Waals surface area (Å²) in [6.07, 6.45) is 1.64. The van der Waals surface area contributed by atoms with E-state index < -0.39 is 41.7 Å². The normalized spacial score (nSPS) is 14.8. The zero-order valence-electron chi connectivity index (χ0n) is 25.0. The van der Waals surface area contributed by atoms with Gasteiger partial charge in [0.1, 0.15) is 24.3 Å². The lowest BCUT2D eigenvalue weighted by molar-refractivity contribution is -0.145. The van der Waals surface area contributed by atoms with Gasteiger partial charge in [-0.05, 0) is 97.4 Å². The molecule has 3 amide bonds. The van der Waals surface area contributed by atoms with Gasteiger partial charge in [0.15, 0.2) is 0 Å². The van der Waals surface area contributed by atoms with Gasteiger partial charge in [-0.25, -0.2) is 14.4 Å². The number of carbonyl (C=O) groups excluding carboxylic acids is 4. The van der Waals surface area contributed by atoms with Gasteiger partial charge < -0.3 is 30.2 Å². The number of hydrogen-bond acceptors (Lipinski definition) is 7. The number of rotatable bonds is 13. The number of unbranched alkanes of at least 4 members (excludes halogenated alkanes) is 1. The third-order valence-electron chi connectivity index (χ3n) is 6.81. The molecule has 3 N–H and O–H groups in total. The molecule has 1 aliphatic rings. The molecule has 0 fully saturated rings. The predicted molar refractivity (Wildman–Crippen MR) is 172 cm³/mol. The van der Waals surface area contributed by atoms with Crippen LogP contribution in [0, 0.1) is 3.57 Å². The number of carbonyl (C=O) groups is 4. The highest BCUT2D eigenvalue weighted by atomic mass is 127. The van der Waals surface area contributed by atoms with Gasteiger partial charge in [-0.15, -0.1) is 6.58 Å². The van der Waals surface area contributed by atoms with Crippen LogP contribution >= 0.6 is 22.6 Å². The quantitative estimate of drug-likeness (QED) is 0.0834. The summed E-state index contributed by atoms with van der Waals surface area (Å²) in [6.45, 7) is 9.38. The van der Waals surface area contributed by atoms with Crippen molar-refractivity contribution in [3.05, 3.63) is 69.8 Å². The van der Waals surface area contributed by atoms with Gasteiger partial charge in [0.2, 0.25) is 5.91 Å².